The van der Waals surface area contributed by atoms with E-state index in [4.69, 9.17) is 34.8 Å². The van der Waals surface area contributed by atoms with Gasteiger partial charge in [0.2, 0.25) is 0 Å². The molecule has 1 N–H and O–H groups in total. The first-order chi connectivity index (χ1) is 13.4. The van der Waals surface area contributed by atoms with Crippen molar-refractivity contribution in [1.29, 1.82) is 0 Å². The molecule has 1 aliphatic rings. The Morgan fingerprint density at radius 3 is 2.54 bits per heavy atom. The predicted molar refractivity (Wildman–Crippen MR) is 116 cm³/mol. The summed E-state index contributed by atoms with van der Waals surface area (Å²) in [7, 11) is 0. The van der Waals surface area contributed by atoms with Crippen LogP contribution in [0, 0.1) is 0 Å². The molecule has 1 saturated heterocycles. The van der Waals surface area contributed by atoms with Crippen LogP contribution in [0.5, 0.6) is 0 Å². The Morgan fingerprint density at radius 2 is 1.79 bits per heavy atom. The smallest absolute Gasteiger partial charge is 0.267 e. The molecule has 2 aromatic carbocycles. The molecule has 1 aliphatic heterocycles. The normalized spacial score (nSPS) is 13.9. The van der Waals surface area contributed by atoms with Crippen molar-refractivity contribution in [2.45, 2.75) is 12.8 Å². The van der Waals surface area contributed by atoms with Gasteiger partial charge in [0.25, 0.3) is 11.8 Å². The van der Waals surface area contributed by atoms with Crippen molar-refractivity contribution in [3.8, 4) is 0 Å². The summed E-state index contributed by atoms with van der Waals surface area (Å²) < 4.78 is 0.741. The molecule has 2 heterocycles. The topological polar surface area (TPSA) is 49.4 Å². The Balaban J connectivity index is 1.60. The minimum absolute atomic E-state index is 0.0186. The van der Waals surface area contributed by atoms with Crippen LogP contribution in [0.1, 0.15) is 32.9 Å². The third kappa shape index (κ3) is 3.72. The highest BCUT2D eigenvalue weighted by atomic mass is 35.5. The van der Waals surface area contributed by atoms with Gasteiger partial charge in [-0.2, -0.15) is 0 Å². The molecule has 2 amide bonds. The number of fused-ring (bicyclic) bond motifs is 1. The van der Waals surface area contributed by atoms with Crippen molar-refractivity contribution in [1.82, 2.24) is 4.90 Å². The first-order valence-electron chi connectivity index (χ1n) is 8.72. The lowest BCUT2D eigenvalue weighted by molar-refractivity contribution is 0.0792. The Bertz CT molecular complexity index is 1090. The Morgan fingerprint density at radius 1 is 1.04 bits per heavy atom. The number of nitrogens with one attached hydrogen (secondary N) is 1. The summed E-state index contributed by atoms with van der Waals surface area (Å²) in [6.07, 6.45) is 2.05. The summed E-state index contributed by atoms with van der Waals surface area (Å²) in [5, 5.41) is 4.61. The van der Waals surface area contributed by atoms with Crippen LogP contribution in [-0.4, -0.2) is 29.8 Å². The largest absolute Gasteiger partial charge is 0.339 e. The number of thiophene rings is 1. The molecule has 4 rings (SSSR count). The van der Waals surface area contributed by atoms with Crippen molar-refractivity contribution >= 4 is 73.7 Å². The molecule has 8 heteroatoms. The molecule has 0 bridgehead atoms. The summed E-state index contributed by atoms with van der Waals surface area (Å²) in [5.74, 6) is -0.376. The fourth-order valence-corrected chi connectivity index (χ4v) is 5.55. The second-order valence-electron chi connectivity index (χ2n) is 6.54. The summed E-state index contributed by atoms with van der Waals surface area (Å²) >= 11 is 19.9. The maximum Gasteiger partial charge on any atom is 0.267 e. The van der Waals surface area contributed by atoms with Gasteiger partial charge < -0.3 is 10.2 Å². The van der Waals surface area contributed by atoms with Crippen molar-refractivity contribution in [2.24, 2.45) is 0 Å². The number of likely N-dealkylation sites (tertiary alicyclic amines) is 1. The third-order valence-corrected chi connectivity index (χ3v) is 6.76. The first-order valence-corrected chi connectivity index (χ1v) is 10.7. The molecule has 0 spiro atoms. The van der Waals surface area contributed by atoms with Gasteiger partial charge >= 0.3 is 0 Å². The summed E-state index contributed by atoms with van der Waals surface area (Å²) in [6.45, 7) is 1.55. The summed E-state index contributed by atoms with van der Waals surface area (Å²) in [4.78, 5) is 27.5. The van der Waals surface area contributed by atoms with Crippen molar-refractivity contribution in [3.63, 3.8) is 0 Å². The van der Waals surface area contributed by atoms with Crippen molar-refractivity contribution in [2.75, 3.05) is 18.4 Å². The van der Waals surface area contributed by atoms with Crippen LogP contribution in [0.3, 0.4) is 0 Å². The minimum atomic E-state index is -0.357. The zero-order chi connectivity index (χ0) is 19.8. The minimum Gasteiger partial charge on any atom is -0.339 e. The molecule has 0 aliphatic carbocycles. The standard InChI is InChI=1S/C20H15Cl3N2O2S/c21-12-9-14(22)16-15(10-12)28-18(17(16)23)19(26)24-13-5-3-4-11(8-13)20(27)25-6-1-2-7-25/h3-5,8-10H,1-2,6-7H2,(H,24,26). The average molecular weight is 454 g/mol. The van der Waals surface area contributed by atoms with E-state index in [0.717, 1.165) is 30.6 Å². The number of hydrogen-bond donors (Lipinski definition) is 1. The van der Waals surface area contributed by atoms with Crippen LogP contribution < -0.4 is 5.32 Å². The number of hydrogen-bond acceptors (Lipinski definition) is 3. The molecule has 0 unspecified atom stereocenters. The third-order valence-electron chi connectivity index (χ3n) is 4.62. The van der Waals surface area contributed by atoms with E-state index in [0.29, 0.717) is 36.6 Å². The molecular formula is C20H15Cl3N2O2S. The van der Waals surface area contributed by atoms with Crippen LogP contribution in [0.25, 0.3) is 10.1 Å². The Labute approximate surface area is 181 Å². The zero-order valence-corrected chi connectivity index (χ0v) is 17.7. The maximum absolute atomic E-state index is 12.8. The first kappa shape index (κ1) is 19.5. The number of nitrogens with zero attached hydrogens (tertiary/aromatic N) is 1. The van der Waals surface area contributed by atoms with Crippen LogP contribution in [0.15, 0.2) is 36.4 Å². The molecule has 0 saturated carbocycles. The molecular weight excluding hydrogens is 439 g/mol. The van der Waals surface area contributed by atoms with Gasteiger partial charge in [0, 0.05) is 39.4 Å². The fraction of sp³-hybridized carbons (Fsp3) is 0.200. The van der Waals surface area contributed by atoms with E-state index in [1.165, 1.54) is 11.3 Å². The highest BCUT2D eigenvalue weighted by molar-refractivity contribution is 7.21. The number of rotatable bonds is 3. The van der Waals surface area contributed by atoms with E-state index in [1.807, 2.05) is 4.90 Å². The van der Waals surface area contributed by atoms with Gasteiger partial charge in [-0.3, -0.25) is 9.59 Å². The lowest BCUT2D eigenvalue weighted by Crippen LogP contribution is -2.27. The van der Waals surface area contributed by atoms with E-state index in [2.05, 4.69) is 5.32 Å². The van der Waals surface area contributed by atoms with E-state index < -0.39 is 0 Å². The van der Waals surface area contributed by atoms with Gasteiger partial charge in [0.05, 0.1) is 10.0 Å². The molecule has 0 atom stereocenters. The number of carbonyl (C=O) groups excluding carboxylic acids is 2. The lowest BCUT2D eigenvalue weighted by Gasteiger charge is -2.15. The van der Waals surface area contributed by atoms with Gasteiger partial charge in [-0.25, -0.2) is 0 Å². The predicted octanol–water partition coefficient (Wildman–Crippen LogP) is 6.35. The van der Waals surface area contributed by atoms with E-state index >= 15 is 0 Å². The lowest BCUT2D eigenvalue weighted by atomic mass is 10.1. The van der Waals surface area contributed by atoms with Crippen LogP contribution in [0.4, 0.5) is 5.69 Å². The van der Waals surface area contributed by atoms with Gasteiger partial charge in [-0.15, -0.1) is 11.3 Å². The monoisotopic (exact) mass is 452 g/mol. The van der Waals surface area contributed by atoms with E-state index in [-0.39, 0.29) is 11.8 Å². The summed E-state index contributed by atoms with van der Waals surface area (Å²) in [5.41, 5.74) is 1.09. The van der Waals surface area contributed by atoms with Crippen LogP contribution in [0.2, 0.25) is 15.1 Å². The maximum atomic E-state index is 12.8. The summed E-state index contributed by atoms with van der Waals surface area (Å²) in [6, 6.07) is 10.3. The zero-order valence-electron chi connectivity index (χ0n) is 14.6. The molecule has 0 radical (unpaired) electrons. The molecule has 28 heavy (non-hydrogen) atoms. The quantitative estimate of drug-likeness (QED) is 0.502. The van der Waals surface area contributed by atoms with Gasteiger partial charge in [0.15, 0.2) is 0 Å². The molecule has 3 aromatic rings. The number of benzene rings is 2. The van der Waals surface area contributed by atoms with E-state index in [1.54, 1.807) is 36.4 Å². The molecule has 144 valence electrons. The number of anilines is 1. The highest BCUT2D eigenvalue weighted by Gasteiger charge is 2.22. The van der Waals surface area contributed by atoms with Gasteiger partial charge in [0.1, 0.15) is 4.88 Å². The molecule has 1 aromatic heterocycles. The Hall–Kier alpha value is -1.79. The van der Waals surface area contributed by atoms with Crippen LogP contribution in [-0.2, 0) is 0 Å². The SMILES string of the molecule is O=C(Nc1cccc(C(=O)N2CCCC2)c1)c1sc2cc(Cl)cc(Cl)c2c1Cl. The Kier molecular flexibility index (Phi) is 5.52. The van der Waals surface area contributed by atoms with Gasteiger partial charge in [-0.1, -0.05) is 40.9 Å². The average Bonchev–Trinajstić information content (AvgIpc) is 3.29. The van der Waals surface area contributed by atoms with Crippen LogP contribution >= 0.6 is 46.1 Å². The second-order valence-corrected chi connectivity index (χ2v) is 8.81. The number of carbonyl (C=O) groups is 2. The van der Waals surface area contributed by atoms with Crippen molar-refractivity contribution in [3.05, 3.63) is 61.9 Å². The van der Waals surface area contributed by atoms with Crippen molar-refractivity contribution < 1.29 is 9.59 Å². The number of halogens is 3. The number of amides is 2. The highest BCUT2D eigenvalue weighted by Crippen LogP contribution is 2.41. The fourth-order valence-electron chi connectivity index (χ4n) is 3.28. The second kappa shape index (κ2) is 7.91. The molecule has 1 fully saturated rings. The van der Waals surface area contributed by atoms with E-state index in [9.17, 15) is 9.59 Å². The molecule has 4 nitrogen and oxygen atoms in total. The van der Waals surface area contributed by atoms with Gasteiger partial charge in [-0.05, 0) is 43.2 Å².